The lowest BCUT2D eigenvalue weighted by Gasteiger charge is -2.13. The topological polar surface area (TPSA) is 59.9 Å². The number of rotatable bonds is 7. The molecular weight excluding hydrogens is 420 g/mol. The minimum absolute atomic E-state index is 0.336. The zero-order valence-electron chi connectivity index (χ0n) is 15.7. The molecule has 1 N–H and O–H groups in total. The summed E-state index contributed by atoms with van der Waals surface area (Å²) >= 11 is 3.42. The first-order chi connectivity index (χ1) is 13.6. The lowest BCUT2D eigenvalue weighted by atomic mass is 10.1. The van der Waals surface area contributed by atoms with Gasteiger partial charge in [-0.15, -0.1) is 0 Å². The lowest BCUT2D eigenvalue weighted by molar-refractivity contribution is -0.127. The van der Waals surface area contributed by atoms with Crippen molar-refractivity contribution in [3.8, 4) is 11.5 Å². The number of fused-ring (bicyclic) bond motifs is 1. The molecule has 0 saturated heterocycles. The van der Waals surface area contributed by atoms with Gasteiger partial charge < -0.3 is 9.47 Å². The first kappa shape index (κ1) is 19.9. The van der Waals surface area contributed by atoms with Crippen molar-refractivity contribution in [3.63, 3.8) is 0 Å². The molecule has 28 heavy (non-hydrogen) atoms. The van der Waals surface area contributed by atoms with Gasteiger partial charge in [-0.05, 0) is 55.0 Å². The van der Waals surface area contributed by atoms with Gasteiger partial charge in [0.15, 0.2) is 6.10 Å². The molecule has 0 saturated carbocycles. The van der Waals surface area contributed by atoms with E-state index in [-0.39, 0.29) is 5.91 Å². The Kier molecular flexibility index (Phi) is 6.66. The number of nitrogens with one attached hydrogen (secondary N) is 1. The molecule has 0 fully saturated rings. The van der Waals surface area contributed by atoms with Gasteiger partial charge in [0.05, 0.1) is 12.8 Å². The van der Waals surface area contributed by atoms with E-state index in [2.05, 4.69) is 26.5 Å². The van der Waals surface area contributed by atoms with Gasteiger partial charge in [-0.2, -0.15) is 5.10 Å². The van der Waals surface area contributed by atoms with Crippen LogP contribution in [0.3, 0.4) is 0 Å². The molecule has 0 bridgehead atoms. The molecule has 3 aromatic rings. The highest BCUT2D eigenvalue weighted by atomic mass is 79.9. The van der Waals surface area contributed by atoms with E-state index in [9.17, 15) is 4.79 Å². The third-order valence-corrected chi connectivity index (χ3v) is 4.55. The molecular formula is C22H21BrN2O3. The number of carbonyl (C=O) groups is 1. The fourth-order valence-electron chi connectivity index (χ4n) is 2.66. The Bertz CT molecular complexity index is 1000. The zero-order chi connectivity index (χ0) is 19.9. The van der Waals surface area contributed by atoms with Crippen LogP contribution >= 0.6 is 15.9 Å². The molecule has 5 nitrogen and oxygen atoms in total. The molecule has 6 heteroatoms. The van der Waals surface area contributed by atoms with E-state index in [1.807, 2.05) is 67.6 Å². The maximum absolute atomic E-state index is 12.3. The quantitative estimate of drug-likeness (QED) is 0.418. The molecule has 0 aliphatic heterocycles. The van der Waals surface area contributed by atoms with Crippen molar-refractivity contribution >= 4 is 38.8 Å². The van der Waals surface area contributed by atoms with Gasteiger partial charge in [0.25, 0.3) is 5.91 Å². The Morgan fingerprint density at radius 2 is 1.93 bits per heavy atom. The van der Waals surface area contributed by atoms with E-state index in [1.165, 1.54) is 0 Å². The molecule has 0 aromatic heterocycles. The summed E-state index contributed by atoms with van der Waals surface area (Å²) in [4.78, 5) is 12.3. The average Bonchev–Trinajstić information content (AvgIpc) is 2.70. The Labute approximate surface area is 172 Å². The molecule has 3 aromatic carbocycles. The minimum atomic E-state index is -0.688. The van der Waals surface area contributed by atoms with Gasteiger partial charge in [0.2, 0.25) is 0 Å². The summed E-state index contributed by atoms with van der Waals surface area (Å²) in [6, 6.07) is 19.3. The predicted molar refractivity (Wildman–Crippen MR) is 115 cm³/mol. The van der Waals surface area contributed by atoms with Crippen molar-refractivity contribution in [1.29, 1.82) is 0 Å². The average molecular weight is 441 g/mol. The van der Waals surface area contributed by atoms with Crippen LogP contribution in [0.5, 0.6) is 11.5 Å². The van der Waals surface area contributed by atoms with Crippen molar-refractivity contribution in [3.05, 3.63) is 70.7 Å². The van der Waals surface area contributed by atoms with E-state index < -0.39 is 6.10 Å². The summed E-state index contributed by atoms with van der Waals surface area (Å²) in [5.74, 6) is 0.998. The van der Waals surface area contributed by atoms with Crippen LogP contribution in [0, 0.1) is 0 Å². The second-order valence-electron chi connectivity index (χ2n) is 6.12. The molecule has 0 aliphatic rings. The van der Waals surface area contributed by atoms with Crippen molar-refractivity contribution in [2.45, 2.75) is 20.0 Å². The molecule has 0 radical (unpaired) electrons. The van der Waals surface area contributed by atoms with Crippen LogP contribution in [-0.2, 0) is 4.79 Å². The van der Waals surface area contributed by atoms with E-state index in [1.54, 1.807) is 13.1 Å². The summed E-state index contributed by atoms with van der Waals surface area (Å²) < 4.78 is 12.2. The molecule has 0 spiro atoms. The number of benzene rings is 3. The fraction of sp³-hybridized carbons (Fsp3) is 0.182. The molecule has 0 heterocycles. The van der Waals surface area contributed by atoms with E-state index >= 15 is 0 Å². The summed E-state index contributed by atoms with van der Waals surface area (Å²) in [5, 5.41) is 6.21. The molecule has 3 rings (SSSR count). The second kappa shape index (κ2) is 9.37. The molecule has 1 amide bonds. The van der Waals surface area contributed by atoms with E-state index in [0.29, 0.717) is 18.1 Å². The Morgan fingerprint density at radius 3 is 2.71 bits per heavy atom. The maximum atomic E-state index is 12.3. The van der Waals surface area contributed by atoms with Crippen molar-refractivity contribution in [1.82, 2.24) is 5.43 Å². The number of hydrazone groups is 1. The van der Waals surface area contributed by atoms with E-state index in [4.69, 9.17) is 9.47 Å². The Hall–Kier alpha value is -2.86. The summed E-state index contributed by atoms with van der Waals surface area (Å²) in [6.07, 6.45) is 0.864. The van der Waals surface area contributed by atoms with Crippen LogP contribution in [0.4, 0.5) is 0 Å². The Balaban J connectivity index is 1.62. The zero-order valence-corrected chi connectivity index (χ0v) is 17.3. The first-order valence-corrected chi connectivity index (χ1v) is 9.77. The van der Waals surface area contributed by atoms with Crippen molar-refractivity contribution in [2.24, 2.45) is 5.10 Å². The van der Waals surface area contributed by atoms with Crippen molar-refractivity contribution < 1.29 is 14.3 Å². The highest BCUT2D eigenvalue weighted by Crippen LogP contribution is 2.22. The molecule has 1 atom stereocenters. The summed E-state index contributed by atoms with van der Waals surface area (Å²) in [5.41, 5.74) is 3.28. The Morgan fingerprint density at radius 1 is 1.14 bits per heavy atom. The third kappa shape index (κ3) is 5.10. The van der Waals surface area contributed by atoms with Crippen LogP contribution < -0.4 is 14.9 Å². The number of nitrogens with zero attached hydrogens (tertiary/aromatic N) is 1. The highest BCUT2D eigenvalue weighted by molar-refractivity contribution is 9.10. The molecule has 0 aliphatic carbocycles. The van der Waals surface area contributed by atoms with Crippen LogP contribution in [0.1, 0.15) is 19.4 Å². The van der Waals surface area contributed by atoms with Crippen molar-refractivity contribution in [2.75, 3.05) is 6.61 Å². The number of hydrogen-bond acceptors (Lipinski definition) is 4. The van der Waals surface area contributed by atoms with Gasteiger partial charge in [0.1, 0.15) is 11.5 Å². The number of halogens is 1. The standard InChI is InChI=1S/C22H21BrN2O3/c1-3-27-21-11-9-19(23)12-18(21)14-24-25-22(26)15(2)28-20-10-8-16-6-4-5-7-17(16)13-20/h4-15H,3H2,1-2H3,(H,25,26)/b24-14-/t15-/m0/s1. The highest BCUT2D eigenvalue weighted by Gasteiger charge is 2.14. The summed E-state index contributed by atoms with van der Waals surface area (Å²) in [7, 11) is 0. The van der Waals surface area contributed by atoms with E-state index in [0.717, 1.165) is 20.8 Å². The first-order valence-electron chi connectivity index (χ1n) is 8.97. The normalized spacial score (nSPS) is 12.1. The van der Waals surface area contributed by atoms with Crippen LogP contribution in [-0.4, -0.2) is 24.8 Å². The van der Waals surface area contributed by atoms with Gasteiger partial charge in [0, 0.05) is 10.0 Å². The summed E-state index contributed by atoms with van der Waals surface area (Å²) in [6.45, 7) is 4.15. The smallest absolute Gasteiger partial charge is 0.280 e. The number of carbonyl (C=O) groups excluding carboxylic acids is 1. The number of amides is 1. The van der Waals surface area contributed by atoms with Gasteiger partial charge in [-0.1, -0.05) is 46.3 Å². The largest absolute Gasteiger partial charge is 0.493 e. The molecule has 144 valence electrons. The number of ether oxygens (including phenoxy) is 2. The third-order valence-electron chi connectivity index (χ3n) is 4.05. The minimum Gasteiger partial charge on any atom is -0.493 e. The fourth-order valence-corrected chi connectivity index (χ4v) is 3.04. The van der Waals surface area contributed by atoms with Gasteiger partial charge >= 0.3 is 0 Å². The monoisotopic (exact) mass is 440 g/mol. The van der Waals surface area contributed by atoms with Gasteiger partial charge in [-0.25, -0.2) is 5.43 Å². The van der Waals surface area contributed by atoms with Crippen LogP contribution in [0.25, 0.3) is 10.8 Å². The van der Waals surface area contributed by atoms with Crippen LogP contribution in [0.2, 0.25) is 0 Å². The maximum Gasteiger partial charge on any atom is 0.280 e. The predicted octanol–water partition coefficient (Wildman–Crippen LogP) is 4.92. The van der Waals surface area contributed by atoms with Crippen LogP contribution in [0.15, 0.2) is 70.2 Å². The number of hydrogen-bond donors (Lipinski definition) is 1. The lowest BCUT2D eigenvalue weighted by Crippen LogP contribution is -2.33. The molecule has 0 unspecified atom stereocenters. The SMILES string of the molecule is CCOc1ccc(Br)cc1/C=N\NC(=O)[C@H](C)Oc1ccc2ccccc2c1. The van der Waals surface area contributed by atoms with Gasteiger partial charge in [-0.3, -0.25) is 4.79 Å². The second-order valence-corrected chi connectivity index (χ2v) is 7.03.